The molecule has 114 valence electrons. The van der Waals surface area contributed by atoms with E-state index in [1.807, 2.05) is 0 Å². The first-order chi connectivity index (χ1) is 10.4. The Hall–Kier alpha value is -3.30. The highest BCUT2D eigenvalue weighted by molar-refractivity contribution is 5.89. The third kappa shape index (κ3) is 3.42. The van der Waals surface area contributed by atoms with Gasteiger partial charge in [-0.15, -0.1) is 0 Å². The Kier molecular flexibility index (Phi) is 4.11. The van der Waals surface area contributed by atoms with Crippen LogP contribution in [-0.4, -0.2) is 25.4 Å². The number of aromatic amines is 1. The summed E-state index contributed by atoms with van der Waals surface area (Å²) in [6.07, 6.45) is 2.27. The van der Waals surface area contributed by atoms with E-state index in [1.54, 1.807) is 0 Å². The zero-order chi connectivity index (χ0) is 16.3. The second kappa shape index (κ2) is 5.99. The maximum atomic E-state index is 11.8. The van der Waals surface area contributed by atoms with Crippen LogP contribution in [0.2, 0.25) is 0 Å². The standard InChI is InChI=1S/C12H11N5O5/c1-7-5-16(12(20)15-11(7)19)6-10(18)14-9-3-2-8(4-13-9)17(21)22/h2-5H,6H2,1H3,(H,13,14,18)(H,15,19,20). The van der Waals surface area contributed by atoms with Gasteiger partial charge < -0.3 is 5.32 Å². The number of carbonyl (C=O) groups is 1. The molecule has 10 nitrogen and oxygen atoms in total. The fourth-order valence-corrected chi connectivity index (χ4v) is 1.64. The van der Waals surface area contributed by atoms with E-state index in [2.05, 4.69) is 15.3 Å². The summed E-state index contributed by atoms with van der Waals surface area (Å²) in [4.78, 5) is 50.2. The van der Waals surface area contributed by atoms with Crippen molar-refractivity contribution in [2.45, 2.75) is 13.5 Å². The molecule has 2 N–H and O–H groups in total. The van der Waals surface area contributed by atoms with Crippen LogP contribution in [0.1, 0.15) is 5.56 Å². The van der Waals surface area contributed by atoms with Gasteiger partial charge in [0.25, 0.3) is 11.2 Å². The maximum Gasteiger partial charge on any atom is 0.328 e. The van der Waals surface area contributed by atoms with E-state index < -0.39 is 22.1 Å². The summed E-state index contributed by atoms with van der Waals surface area (Å²) < 4.78 is 1.04. The molecule has 0 atom stereocenters. The molecule has 0 saturated carbocycles. The van der Waals surface area contributed by atoms with E-state index in [-0.39, 0.29) is 18.1 Å². The minimum atomic E-state index is -0.706. The van der Waals surface area contributed by atoms with Gasteiger partial charge in [0.15, 0.2) is 0 Å². The van der Waals surface area contributed by atoms with E-state index in [1.165, 1.54) is 25.3 Å². The molecule has 22 heavy (non-hydrogen) atoms. The molecule has 0 unspecified atom stereocenters. The second-order valence-electron chi connectivity index (χ2n) is 4.41. The van der Waals surface area contributed by atoms with Crippen molar-refractivity contribution in [1.82, 2.24) is 14.5 Å². The number of anilines is 1. The molecule has 0 fully saturated rings. The van der Waals surface area contributed by atoms with Gasteiger partial charge in [-0.3, -0.25) is 29.3 Å². The average Bonchev–Trinajstić information content (AvgIpc) is 2.45. The Labute approximate surface area is 122 Å². The maximum absolute atomic E-state index is 11.8. The number of carbonyl (C=O) groups excluding carboxylic acids is 1. The van der Waals surface area contributed by atoms with Gasteiger partial charge in [-0.2, -0.15) is 0 Å². The van der Waals surface area contributed by atoms with Gasteiger partial charge in [-0.05, 0) is 13.0 Å². The lowest BCUT2D eigenvalue weighted by Gasteiger charge is -2.06. The van der Waals surface area contributed by atoms with Crippen LogP contribution in [0, 0.1) is 17.0 Å². The van der Waals surface area contributed by atoms with Gasteiger partial charge in [0.1, 0.15) is 18.6 Å². The van der Waals surface area contributed by atoms with Crippen LogP contribution >= 0.6 is 0 Å². The summed E-state index contributed by atoms with van der Waals surface area (Å²) in [7, 11) is 0. The highest BCUT2D eigenvalue weighted by Crippen LogP contribution is 2.11. The van der Waals surface area contributed by atoms with Crippen LogP contribution in [0.5, 0.6) is 0 Å². The molecule has 0 bridgehead atoms. The molecule has 2 heterocycles. The number of amides is 1. The monoisotopic (exact) mass is 305 g/mol. The zero-order valence-electron chi connectivity index (χ0n) is 11.4. The Morgan fingerprint density at radius 1 is 1.45 bits per heavy atom. The molecule has 0 aliphatic rings. The molecule has 2 rings (SSSR count). The van der Waals surface area contributed by atoms with Crippen LogP contribution in [-0.2, 0) is 11.3 Å². The summed E-state index contributed by atoms with van der Waals surface area (Å²) in [5.41, 5.74) is -1.13. The largest absolute Gasteiger partial charge is 0.328 e. The van der Waals surface area contributed by atoms with E-state index in [0.717, 1.165) is 10.8 Å². The van der Waals surface area contributed by atoms with Gasteiger partial charge in [-0.1, -0.05) is 0 Å². The number of hydrogen-bond acceptors (Lipinski definition) is 6. The van der Waals surface area contributed by atoms with Crippen molar-refractivity contribution in [1.29, 1.82) is 0 Å². The number of aromatic nitrogens is 3. The van der Waals surface area contributed by atoms with Crippen molar-refractivity contribution in [2.75, 3.05) is 5.32 Å². The smallest absolute Gasteiger partial charge is 0.309 e. The molecule has 0 aromatic carbocycles. The lowest BCUT2D eigenvalue weighted by Crippen LogP contribution is -2.34. The predicted molar refractivity (Wildman–Crippen MR) is 75.6 cm³/mol. The normalized spacial score (nSPS) is 10.2. The minimum Gasteiger partial charge on any atom is -0.309 e. The van der Waals surface area contributed by atoms with Crippen LogP contribution < -0.4 is 16.6 Å². The quantitative estimate of drug-likeness (QED) is 0.591. The molecule has 2 aromatic rings. The van der Waals surface area contributed by atoms with Crippen molar-refractivity contribution in [3.63, 3.8) is 0 Å². The second-order valence-corrected chi connectivity index (χ2v) is 4.41. The Balaban J connectivity index is 2.10. The number of pyridine rings is 1. The number of nitrogens with one attached hydrogen (secondary N) is 2. The molecule has 0 aliphatic carbocycles. The van der Waals surface area contributed by atoms with Gasteiger partial charge in [0.2, 0.25) is 5.91 Å². The predicted octanol–water partition coefficient (Wildman–Crippen LogP) is -0.213. The molecule has 0 aliphatic heterocycles. The Morgan fingerprint density at radius 3 is 2.77 bits per heavy atom. The van der Waals surface area contributed by atoms with Crippen LogP contribution in [0.15, 0.2) is 34.1 Å². The number of aryl methyl sites for hydroxylation is 1. The number of rotatable bonds is 4. The summed E-state index contributed by atoms with van der Waals surface area (Å²) in [5.74, 6) is -0.445. The summed E-state index contributed by atoms with van der Waals surface area (Å²) in [6.45, 7) is 1.18. The lowest BCUT2D eigenvalue weighted by atomic mass is 10.4. The summed E-state index contributed by atoms with van der Waals surface area (Å²) in [5, 5.41) is 12.9. The van der Waals surface area contributed by atoms with Crippen molar-refractivity contribution in [3.8, 4) is 0 Å². The van der Waals surface area contributed by atoms with Crippen LogP contribution in [0.4, 0.5) is 11.5 Å². The third-order valence-electron chi connectivity index (χ3n) is 2.73. The number of hydrogen-bond donors (Lipinski definition) is 2. The molecule has 0 spiro atoms. The van der Waals surface area contributed by atoms with Crippen molar-refractivity contribution in [3.05, 3.63) is 61.0 Å². The van der Waals surface area contributed by atoms with E-state index in [0.29, 0.717) is 5.56 Å². The van der Waals surface area contributed by atoms with Crippen molar-refractivity contribution >= 4 is 17.4 Å². The number of nitrogens with zero attached hydrogens (tertiary/aromatic N) is 3. The molecular weight excluding hydrogens is 294 g/mol. The Bertz CT molecular complexity index is 836. The lowest BCUT2D eigenvalue weighted by molar-refractivity contribution is -0.385. The van der Waals surface area contributed by atoms with E-state index >= 15 is 0 Å². The van der Waals surface area contributed by atoms with Crippen molar-refractivity contribution < 1.29 is 9.72 Å². The summed E-state index contributed by atoms with van der Waals surface area (Å²) >= 11 is 0. The number of nitro groups is 1. The molecular formula is C12H11N5O5. The van der Waals surface area contributed by atoms with Crippen molar-refractivity contribution in [2.24, 2.45) is 0 Å². The topological polar surface area (TPSA) is 140 Å². The van der Waals surface area contributed by atoms with E-state index in [4.69, 9.17) is 0 Å². The highest BCUT2D eigenvalue weighted by atomic mass is 16.6. The first-order valence-electron chi connectivity index (χ1n) is 6.07. The third-order valence-corrected chi connectivity index (χ3v) is 2.73. The van der Waals surface area contributed by atoms with Gasteiger partial charge in [0.05, 0.1) is 4.92 Å². The average molecular weight is 305 g/mol. The molecule has 2 aromatic heterocycles. The van der Waals surface area contributed by atoms with Gasteiger partial charge in [0, 0.05) is 17.8 Å². The summed E-state index contributed by atoms with van der Waals surface area (Å²) in [6, 6.07) is 2.47. The van der Waals surface area contributed by atoms with Crippen LogP contribution in [0.25, 0.3) is 0 Å². The van der Waals surface area contributed by atoms with E-state index in [9.17, 15) is 24.5 Å². The first kappa shape index (κ1) is 15.1. The zero-order valence-corrected chi connectivity index (χ0v) is 11.4. The highest BCUT2D eigenvalue weighted by Gasteiger charge is 2.09. The minimum absolute atomic E-state index is 0.116. The fourth-order valence-electron chi connectivity index (χ4n) is 1.64. The molecule has 1 amide bonds. The molecule has 10 heteroatoms. The Morgan fingerprint density at radius 2 is 2.18 bits per heavy atom. The fraction of sp³-hybridized carbons (Fsp3) is 0.167. The van der Waals surface area contributed by atoms with Gasteiger partial charge >= 0.3 is 5.69 Å². The van der Waals surface area contributed by atoms with Gasteiger partial charge in [-0.25, -0.2) is 9.78 Å². The molecule has 0 radical (unpaired) electrons. The SMILES string of the molecule is Cc1cn(CC(=O)Nc2ccc([N+](=O)[O-])cn2)c(=O)[nH]c1=O. The molecule has 0 saturated heterocycles. The first-order valence-corrected chi connectivity index (χ1v) is 6.07. The number of H-pyrrole nitrogens is 1. The van der Waals surface area contributed by atoms with Crippen LogP contribution in [0.3, 0.4) is 0 Å².